The third kappa shape index (κ3) is 2.51. The van der Waals surface area contributed by atoms with Crippen LogP contribution in [0.3, 0.4) is 0 Å². The maximum absolute atomic E-state index is 6.29. The van der Waals surface area contributed by atoms with Gasteiger partial charge in [-0.15, -0.1) is 0 Å². The van der Waals surface area contributed by atoms with Gasteiger partial charge in [0.05, 0.1) is 10.6 Å². The first-order valence-corrected chi connectivity index (χ1v) is 6.93. The summed E-state index contributed by atoms with van der Waals surface area (Å²) in [5.74, 6) is 1.71. The summed E-state index contributed by atoms with van der Waals surface area (Å²) in [5, 5.41) is 8.13. The van der Waals surface area contributed by atoms with Gasteiger partial charge in [-0.25, -0.2) is 0 Å². The molecule has 0 spiro atoms. The number of nitrogens with zero attached hydrogens (tertiary/aromatic N) is 2. The van der Waals surface area contributed by atoms with E-state index in [1.165, 1.54) is 0 Å². The van der Waals surface area contributed by atoms with E-state index in [-0.39, 0.29) is 0 Å². The number of piperidine rings is 1. The molecule has 1 aliphatic heterocycles. The number of hydrogen-bond acceptors (Lipinski definition) is 4. The SMILES string of the molecule is Cc1cccc(-c2nc(C3CCNCC3)no2)c1Cl. The lowest BCUT2D eigenvalue weighted by molar-refractivity contribution is 0.392. The lowest BCUT2D eigenvalue weighted by Gasteiger charge is -2.18. The van der Waals surface area contributed by atoms with Crippen molar-refractivity contribution in [2.24, 2.45) is 0 Å². The van der Waals surface area contributed by atoms with Crippen molar-refractivity contribution in [2.75, 3.05) is 13.1 Å². The van der Waals surface area contributed by atoms with E-state index in [2.05, 4.69) is 15.5 Å². The molecule has 1 fully saturated rings. The molecule has 1 aromatic heterocycles. The van der Waals surface area contributed by atoms with Crippen molar-refractivity contribution in [1.82, 2.24) is 15.5 Å². The number of rotatable bonds is 2. The summed E-state index contributed by atoms with van der Waals surface area (Å²) in [7, 11) is 0. The minimum absolute atomic E-state index is 0.391. The summed E-state index contributed by atoms with van der Waals surface area (Å²) < 4.78 is 5.37. The topological polar surface area (TPSA) is 51.0 Å². The van der Waals surface area contributed by atoms with Gasteiger partial charge in [0.25, 0.3) is 5.89 Å². The van der Waals surface area contributed by atoms with E-state index < -0.39 is 0 Å². The Labute approximate surface area is 117 Å². The molecule has 3 rings (SSSR count). The summed E-state index contributed by atoms with van der Waals surface area (Å²) in [4.78, 5) is 4.52. The molecule has 4 nitrogen and oxygen atoms in total. The van der Waals surface area contributed by atoms with Crippen LogP contribution in [-0.4, -0.2) is 23.2 Å². The smallest absolute Gasteiger partial charge is 0.259 e. The molecule has 100 valence electrons. The molecule has 5 heteroatoms. The van der Waals surface area contributed by atoms with Crippen molar-refractivity contribution in [2.45, 2.75) is 25.7 Å². The maximum Gasteiger partial charge on any atom is 0.259 e. The van der Waals surface area contributed by atoms with Gasteiger partial charge < -0.3 is 9.84 Å². The second-order valence-electron chi connectivity index (χ2n) is 4.92. The lowest BCUT2D eigenvalue weighted by Crippen LogP contribution is -2.27. The number of aromatic nitrogens is 2. The molecule has 0 saturated carbocycles. The number of halogens is 1. The fourth-order valence-electron chi connectivity index (χ4n) is 2.40. The van der Waals surface area contributed by atoms with Crippen LogP contribution in [0.1, 0.15) is 30.1 Å². The van der Waals surface area contributed by atoms with Gasteiger partial charge in [0.1, 0.15) is 0 Å². The molecule has 0 radical (unpaired) electrons. The molecule has 19 heavy (non-hydrogen) atoms. The lowest BCUT2D eigenvalue weighted by atomic mass is 9.98. The van der Waals surface area contributed by atoms with E-state index in [1.54, 1.807) is 0 Å². The zero-order chi connectivity index (χ0) is 13.2. The summed E-state index contributed by atoms with van der Waals surface area (Å²) in [6, 6.07) is 5.83. The molecule has 1 N–H and O–H groups in total. The van der Waals surface area contributed by atoms with Crippen LogP contribution in [0, 0.1) is 6.92 Å². The largest absolute Gasteiger partial charge is 0.334 e. The van der Waals surface area contributed by atoms with Gasteiger partial charge in [-0.3, -0.25) is 0 Å². The van der Waals surface area contributed by atoms with Crippen LogP contribution in [0.2, 0.25) is 5.02 Å². The Bertz CT molecular complexity index is 576. The first-order chi connectivity index (χ1) is 9.25. The minimum Gasteiger partial charge on any atom is -0.334 e. The molecule has 2 heterocycles. The zero-order valence-electron chi connectivity index (χ0n) is 10.8. The van der Waals surface area contributed by atoms with Gasteiger partial charge in [0, 0.05) is 5.92 Å². The van der Waals surface area contributed by atoms with E-state index in [1.807, 2.05) is 25.1 Å². The Balaban J connectivity index is 1.90. The van der Waals surface area contributed by atoms with Crippen LogP contribution < -0.4 is 5.32 Å². The highest BCUT2D eigenvalue weighted by Gasteiger charge is 2.22. The van der Waals surface area contributed by atoms with Crippen LogP contribution in [0.4, 0.5) is 0 Å². The third-order valence-corrected chi connectivity index (χ3v) is 4.07. The van der Waals surface area contributed by atoms with Crippen molar-refractivity contribution >= 4 is 11.6 Å². The quantitative estimate of drug-likeness (QED) is 0.916. The number of hydrogen-bond donors (Lipinski definition) is 1. The van der Waals surface area contributed by atoms with Gasteiger partial charge >= 0.3 is 0 Å². The van der Waals surface area contributed by atoms with Crippen molar-refractivity contribution in [3.63, 3.8) is 0 Å². The average molecular weight is 278 g/mol. The van der Waals surface area contributed by atoms with E-state index in [9.17, 15) is 0 Å². The fraction of sp³-hybridized carbons (Fsp3) is 0.429. The highest BCUT2D eigenvalue weighted by Crippen LogP contribution is 2.31. The standard InChI is InChI=1S/C14H16ClN3O/c1-9-3-2-4-11(12(9)15)14-17-13(18-19-14)10-5-7-16-8-6-10/h2-4,10,16H,5-8H2,1H3. The number of aryl methyl sites for hydroxylation is 1. The van der Waals surface area contributed by atoms with E-state index >= 15 is 0 Å². The molecule has 1 aromatic carbocycles. The molecular weight excluding hydrogens is 262 g/mol. The van der Waals surface area contributed by atoms with Crippen molar-refractivity contribution in [3.8, 4) is 11.5 Å². The molecule has 0 atom stereocenters. The Morgan fingerprint density at radius 1 is 1.32 bits per heavy atom. The molecular formula is C14H16ClN3O. The van der Waals surface area contributed by atoms with Gasteiger partial charge in [0.15, 0.2) is 5.82 Å². The molecule has 0 unspecified atom stereocenters. The van der Waals surface area contributed by atoms with Gasteiger partial charge in [0.2, 0.25) is 0 Å². The summed E-state index contributed by atoms with van der Waals surface area (Å²) in [6.45, 7) is 4.00. The minimum atomic E-state index is 0.391. The number of nitrogens with one attached hydrogen (secondary N) is 1. The van der Waals surface area contributed by atoms with Crippen LogP contribution in [0.15, 0.2) is 22.7 Å². The molecule has 0 bridgehead atoms. The van der Waals surface area contributed by atoms with Gasteiger partial charge in [-0.1, -0.05) is 28.9 Å². The Morgan fingerprint density at radius 3 is 2.89 bits per heavy atom. The molecule has 1 saturated heterocycles. The molecule has 2 aromatic rings. The molecule has 1 aliphatic rings. The molecule has 0 amide bonds. The first-order valence-electron chi connectivity index (χ1n) is 6.55. The van der Waals surface area contributed by atoms with Crippen molar-refractivity contribution < 1.29 is 4.52 Å². The predicted octanol–water partition coefficient (Wildman–Crippen LogP) is 3.17. The summed E-state index contributed by atoms with van der Waals surface area (Å²) in [6.07, 6.45) is 2.11. The van der Waals surface area contributed by atoms with Crippen LogP contribution in [0.25, 0.3) is 11.5 Å². The summed E-state index contributed by atoms with van der Waals surface area (Å²) >= 11 is 6.29. The number of benzene rings is 1. The van der Waals surface area contributed by atoms with E-state index in [0.29, 0.717) is 16.8 Å². The highest BCUT2D eigenvalue weighted by atomic mass is 35.5. The van der Waals surface area contributed by atoms with Crippen molar-refractivity contribution in [1.29, 1.82) is 0 Å². The Hall–Kier alpha value is -1.39. The fourth-order valence-corrected chi connectivity index (χ4v) is 2.61. The van der Waals surface area contributed by atoms with E-state index in [0.717, 1.165) is 42.9 Å². The zero-order valence-corrected chi connectivity index (χ0v) is 11.6. The van der Waals surface area contributed by atoms with Crippen LogP contribution in [-0.2, 0) is 0 Å². The third-order valence-electron chi connectivity index (χ3n) is 3.57. The normalized spacial score (nSPS) is 16.7. The monoisotopic (exact) mass is 277 g/mol. The highest BCUT2D eigenvalue weighted by molar-refractivity contribution is 6.33. The Kier molecular flexibility index (Phi) is 3.53. The molecule has 0 aliphatic carbocycles. The van der Waals surface area contributed by atoms with E-state index in [4.69, 9.17) is 16.1 Å². The van der Waals surface area contributed by atoms with Crippen LogP contribution >= 0.6 is 11.6 Å². The maximum atomic E-state index is 6.29. The van der Waals surface area contributed by atoms with Crippen molar-refractivity contribution in [3.05, 3.63) is 34.6 Å². The summed E-state index contributed by atoms with van der Waals surface area (Å²) in [5.41, 5.74) is 1.83. The first kappa shape index (κ1) is 12.6. The van der Waals surface area contributed by atoms with Crippen LogP contribution in [0.5, 0.6) is 0 Å². The van der Waals surface area contributed by atoms with Gasteiger partial charge in [-0.2, -0.15) is 4.98 Å². The predicted molar refractivity (Wildman–Crippen MR) is 74.3 cm³/mol. The second-order valence-corrected chi connectivity index (χ2v) is 5.30. The van der Waals surface area contributed by atoms with Gasteiger partial charge in [-0.05, 0) is 44.5 Å². The Morgan fingerprint density at radius 2 is 2.11 bits per heavy atom. The second kappa shape index (κ2) is 5.31. The average Bonchev–Trinajstić information content (AvgIpc) is 2.92.